The number of rotatable bonds is 70. The zero-order valence-electron chi connectivity index (χ0n) is 60.8. The van der Waals surface area contributed by atoms with Gasteiger partial charge in [-0.3, -0.25) is 4.79 Å². The first-order valence-corrected chi connectivity index (χ1v) is 40.8. The third-order valence-corrected chi connectivity index (χ3v) is 20.6. The van der Waals surface area contributed by atoms with E-state index in [4.69, 9.17) is 18.9 Å². The van der Waals surface area contributed by atoms with Crippen LogP contribution in [0.2, 0.25) is 0 Å². The van der Waals surface area contributed by atoms with Crippen LogP contribution in [0.15, 0.2) is 0 Å². The minimum atomic E-state index is -1.78. The summed E-state index contributed by atoms with van der Waals surface area (Å²) in [7, 11) is 0. The van der Waals surface area contributed by atoms with E-state index in [2.05, 4.69) is 19.2 Å². The summed E-state index contributed by atoms with van der Waals surface area (Å²) >= 11 is 0. The molecule has 0 saturated carbocycles. The van der Waals surface area contributed by atoms with E-state index in [1.54, 1.807) is 0 Å². The molecule has 0 aromatic rings. The summed E-state index contributed by atoms with van der Waals surface area (Å²) in [6, 6.07) is -0.825. The van der Waals surface area contributed by atoms with Crippen molar-refractivity contribution in [2.75, 3.05) is 19.8 Å². The predicted octanol–water partition coefficient (Wildman–Crippen LogP) is 18.3. The molecule has 2 saturated heterocycles. The Hall–Kier alpha value is -1.01. The van der Waals surface area contributed by atoms with Gasteiger partial charge in [-0.05, 0) is 12.8 Å². The number of hydrogen-bond donors (Lipinski definition) is 9. The van der Waals surface area contributed by atoms with Gasteiger partial charge in [0.15, 0.2) is 12.6 Å². The Morgan fingerprint density at radius 3 is 0.914 bits per heavy atom. The number of aliphatic hydroxyl groups excluding tert-OH is 8. The molecule has 2 aliphatic heterocycles. The Kier molecular flexibility index (Phi) is 61.0. The Morgan fingerprint density at radius 1 is 0.344 bits per heavy atom. The second-order valence-corrected chi connectivity index (χ2v) is 29.3. The summed E-state index contributed by atoms with van der Waals surface area (Å²) in [6.45, 7) is 2.95. The first-order chi connectivity index (χ1) is 45.6. The molecule has 0 aromatic carbocycles. The van der Waals surface area contributed by atoms with Crippen molar-refractivity contribution >= 4 is 5.91 Å². The number of aliphatic hydroxyl groups is 8. The van der Waals surface area contributed by atoms with E-state index in [-0.39, 0.29) is 12.5 Å². The van der Waals surface area contributed by atoms with E-state index in [1.807, 2.05) is 0 Å². The minimum absolute atomic E-state index is 0.195. The maximum absolute atomic E-state index is 13.4. The lowest BCUT2D eigenvalue weighted by atomic mass is 9.97. The van der Waals surface area contributed by atoms with Crippen LogP contribution in [0.25, 0.3) is 0 Å². The van der Waals surface area contributed by atoms with Gasteiger partial charge in [-0.2, -0.15) is 0 Å². The van der Waals surface area contributed by atoms with E-state index in [0.717, 1.165) is 51.4 Å². The molecule has 1 amide bonds. The largest absolute Gasteiger partial charge is 0.394 e. The van der Waals surface area contributed by atoms with Crippen molar-refractivity contribution < 1.29 is 64.6 Å². The van der Waals surface area contributed by atoms with Crippen LogP contribution < -0.4 is 5.32 Å². The molecule has 14 nitrogen and oxygen atoms in total. The van der Waals surface area contributed by atoms with Crippen molar-refractivity contribution in [3.8, 4) is 0 Å². The molecular formula is C79H155NO13. The summed E-state index contributed by atoms with van der Waals surface area (Å²) in [6.07, 6.45) is 63.0. The lowest BCUT2D eigenvalue weighted by Gasteiger charge is -2.46. The zero-order chi connectivity index (χ0) is 67.3. The third-order valence-electron chi connectivity index (χ3n) is 20.6. The van der Waals surface area contributed by atoms with Crippen LogP contribution in [-0.4, -0.2) is 140 Å². The van der Waals surface area contributed by atoms with Crippen LogP contribution in [0, 0.1) is 0 Å². The molecule has 2 rings (SSSR count). The van der Waals surface area contributed by atoms with Gasteiger partial charge in [0.1, 0.15) is 48.8 Å². The summed E-state index contributed by atoms with van der Waals surface area (Å²) in [5, 5.41) is 87.9. The van der Waals surface area contributed by atoms with E-state index in [1.165, 1.54) is 327 Å². The average molecular weight is 1330 g/mol. The van der Waals surface area contributed by atoms with Crippen molar-refractivity contribution in [3.63, 3.8) is 0 Å². The smallest absolute Gasteiger partial charge is 0.220 e. The molecule has 0 radical (unpaired) electrons. The van der Waals surface area contributed by atoms with Crippen LogP contribution in [0.4, 0.5) is 0 Å². The molecule has 2 fully saturated rings. The van der Waals surface area contributed by atoms with Gasteiger partial charge in [-0.25, -0.2) is 0 Å². The van der Waals surface area contributed by atoms with Gasteiger partial charge in [0.25, 0.3) is 0 Å². The molecule has 0 bridgehead atoms. The molecule has 12 atom stereocenters. The number of nitrogens with one attached hydrogen (secondary N) is 1. The van der Waals surface area contributed by atoms with Crippen LogP contribution in [0.5, 0.6) is 0 Å². The summed E-state index contributed by atoms with van der Waals surface area (Å²) in [4.78, 5) is 13.4. The molecule has 2 heterocycles. The van der Waals surface area contributed by atoms with Gasteiger partial charge >= 0.3 is 0 Å². The van der Waals surface area contributed by atoms with Gasteiger partial charge in [0, 0.05) is 6.42 Å². The monoisotopic (exact) mass is 1330 g/mol. The number of ether oxygens (including phenoxy) is 4. The van der Waals surface area contributed by atoms with E-state index < -0.39 is 86.8 Å². The van der Waals surface area contributed by atoms with Crippen molar-refractivity contribution in [1.29, 1.82) is 0 Å². The molecule has 554 valence electrons. The molecule has 0 aliphatic carbocycles. The Labute approximate surface area is 572 Å². The van der Waals surface area contributed by atoms with Gasteiger partial charge in [0.2, 0.25) is 5.91 Å². The molecule has 12 unspecified atom stereocenters. The van der Waals surface area contributed by atoms with Gasteiger partial charge in [-0.15, -0.1) is 0 Å². The van der Waals surface area contributed by atoms with Crippen LogP contribution in [0.3, 0.4) is 0 Å². The quantitative estimate of drug-likeness (QED) is 0.0259. The molecule has 93 heavy (non-hydrogen) atoms. The molecule has 14 heteroatoms. The normalized spacial score (nSPS) is 22.4. The maximum Gasteiger partial charge on any atom is 0.220 e. The number of carbonyl (C=O) groups is 1. The van der Waals surface area contributed by atoms with Crippen LogP contribution >= 0.6 is 0 Å². The fourth-order valence-electron chi connectivity index (χ4n) is 14.1. The Morgan fingerprint density at radius 2 is 0.613 bits per heavy atom. The topological polar surface area (TPSA) is 228 Å². The van der Waals surface area contributed by atoms with Crippen molar-refractivity contribution in [3.05, 3.63) is 0 Å². The fraction of sp³-hybridized carbons (Fsp3) is 0.987. The second kappa shape index (κ2) is 64.4. The third kappa shape index (κ3) is 47.6. The molecule has 2 aliphatic rings. The van der Waals surface area contributed by atoms with Gasteiger partial charge in [-0.1, -0.05) is 386 Å². The summed E-state index contributed by atoms with van der Waals surface area (Å²) < 4.78 is 23.0. The highest BCUT2D eigenvalue weighted by atomic mass is 16.7. The predicted molar refractivity (Wildman–Crippen MR) is 383 cm³/mol. The van der Waals surface area contributed by atoms with Gasteiger partial charge in [0.05, 0.1) is 32.0 Å². The fourth-order valence-corrected chi connectivity index (χ4v) is 14.1. The van der Waals surface area contributed by atoms with E-state index in [0.29, 0.717) is 12.8 Å². The highest BCUT2D eigenvalue weighted by Gasteiger charge is 2.51. The SMILES string of the molecule is CCCCCCCCCCCCCCCCCCCCCCCCCCCCCCCCCCCCC(=O)NC(COC1OC(CO)C(OC2OC(CO)C(O)C(O)C2O)C(O)C1O)C(O)CCCCCCCCCCCCCCCCCCCCCCCCCCC. The van der Waals surface area contributed by atoms with Crippen LogP contribution in [-0.2, 0) is 23.7 Å². The van der Waals surface area contributed by atoms with E-state index in [9.17, 15) is 45.6 Å². The van der Waals surface area contributed by atoms with Crippen molar-refractivity contribution in [2.24, 2.45) is 0 Å². The zero-order valence-corrected chi connectivity index (χ0v) is 60.8. The van der Waals surface area contributed by atoms with Crippen molar-refractivity contribution in [2.45, 2.75) is 479 Å². The number of amides is 1. The number of hydrogen-bond acceptors (Lipinski definition) is 13. The molecular weight excluding hydrogens is 1170 g/mol. The first-order valence-electron chi connectivity index (χ1n) is 40.8. The maximum atomic E-state index is 13.4. The highest BCUT2D eigenvalue weighted by molar-refractivity contribution is 5.76. The van der Waals surface area contributed by atoms with Gasteiger partial charge < -0.3 is 65.1 Å². The molecule has 0 aromatic heterocycles. The molecule has 0 spiro atoms. The molecule has 9 N–H and O–H groups in total. The first kappa shape index (κ1) is 88.1. The van der Waals surface area contributed by atoms with E-state index >= 15 is 0 Å². The summed E-state index contributed by atoms with van der Waals surface area (Å²) in [5.41, 5.74) is 0. The average Bonchev–Trinajstić information content (AvgIpc) is 0.855. The second-order valence-electron chi connectivity index (χ2n) is 29.3. The number of carbonyl (C=O) groups excluding carboxylic acids is 1. The highest BCUT2D eigenvalue weighted by Crippen LogP contribution is 2.31. The Bertz CT molecular complexity index is 1560. The minimum Gasteiger partial charge on any atom is -0.394 e. The Balaban J connectivity index is 1.58. The standard InChI is InChI=1S/C79H155NO13/c1-3-5-7-9-11-13-15-17-19-21-23-25-27-29-30-31-32-33-34-35-36-37-39-41-43-45-47-49-51-53-55-57-59-61-63-71(84)80-67(66-90-78-76(89)74(87)77(70(65-82)92-78)93-79-75(88)73(86)72(85)69(64-81)91-79)68(83)62-60-58-56-54-52-50-48-46-44-42-40-38-28-26-24-22-20-18-16-14-12-10-8-6-4-2/h67-70,72-79,81-83,85-89H,3-66H2,1-2H3,(H,80,84). The summed E-state index contributed by atoms with van der Waals surface area (Å²) in [5.74, 6) is -0.195. The van der Waals surface area contributed by atoms with Crippen molar-refractivity contribution in [1.82, 2.24) is 5.32 Å². The lowest BCUT2D eigenvalue weighted by molar-refractivity contribution is -0.359. The lowest BCUT2D eigenvalue weighted by Crippen LogP contribution is -2.65. The van der Waals surface area contributed by atoms with Crippen LogP contribution in [0.1, 0.15) is 406 Å². The number of unbranched alkanes of at least 4 members (excludes halogenated alkanes) is 57.